The highest BCUT2D eigenvalue weighted by molar-refractivity contribution is 7.19. The van der Waals surface area contributed by atoms with Crippen molar-refractivity contribution in [2.75, 3.05) is 25.1 Å². The maximum absolute atomic E-state index is 12.3. The smallest absolute Gasteiger partial charge is 0.341 e. The van der Waals surface area contributed by atoms with Crippen molar-refractivity contribution >= 4 is 22.3 Å². The summed E-state index contributed by atoms with van der Waals surface area (Å²) >= 11 is 1.61. The monoisotopic (exact) mass is 331 g/mol. The lowest BCUT2D eigenvalue weighted by atomic mass is 10.1. The molecule has 0 aliphatic carbocycles. The van der Waals surface area contributed by atoms with Gasteiger partial charge in [0, 0.05) is 24.1 Å². The van der Waals surface area contributed by atoms with Gasteiger partial charge < -0.3 is 14.8 Å². The van der Waals surface area contributed by atoms with Gasteiger partial charge in [-0.25, -0.2) is 4.79 Å². The van der Waals surface area contributed by atoms with Crippen LogP contribution in [0.1, 0.15) is 30.1 Å². The van der Waals surface area contributed by atoms with Gasteiger partial charge >= 0.3 is 5.97 Å². The number of rotatable bonds is 5. The fourth-order valence-corrected chi connectivity index (χ4v) is 3.76. The average Bonchev–Trinajstić information content (AvgIpc) is 3.01. The van der Waals surface area contributed by atoms with Crippen LogP contribution in [0.25, 0.3) is 10.4 Å². The Morgan fingerprint density at radius 1 is 1.30 bits per heavy atom. The predicted octanol–water partition coefficient (Wildman–Crippen LogP) is 4.18. The van der Waals surface area contributed by atoms with Crippen molar-refractivity contribution in [1.82, 2.24) is 0 Å². The summed E-state index contributed by atoms with van der Waals surface area (Å²) in [6.07, 6.45) is 1.92. The number of hydrogen-bond acceptors (Lipinski definition) is 5. The molecule has 0 atom stereocenters. The molecule has 0 spiro atoms. The van der Waals surface area contributed by atoms with E-state index >= 15 is 0 Å². The number of anilines is 1. The third kappa shape index (κ3) is 3.92. The maximum Gasteiger partial charge on any atom is 0.341 e. The Balaban J connectivity index is 1.88. The lowest BCUT2D eigenvalue weighted by Crippen LogP contribution is -2.28. The molecular weight excluding hydrogens is 310 g/mol. The normalized spacial score (nSPS) is 15.3. The third-order valence-electron chi connectivity index (χ3n) is 3.84. The first kappa shape index (κ1) is 16.0. The van der Waals surface area contributed by atoms with E-state index in [1.54, 1.807) is 11.3 Å². The van der Waals surface area contributed by atoms with Crippen LogP contribution in [0, 0.1) is 0 Å². The molecule has 1 saturated heterocycles. The summed E-state index contributed by atoms with van der Waals surface area (Å²) in [6.45, 7) is 3.74. The molecular formula is C18H21NO3S. The van der Waals surface area contributed by atoms with Gasteiger partial charge in [-0.3, -0.25) is 0 Å². The highest BCUT2D eigenvalue weighted by Crippen LogP contribution is 2.36. The topological polar surface area (TPSA) is 47.6 Å². The molecule has 5 heteroatoms. The SMILES string of the molecule is CCOC(=O)c1cc(-c2ccccc2)sc1NC1CCOCC1. The lowest BCUT2D eigenvalue weighted by molar-refractivity contribution is 0.0528. The second-order valence-electron chi connectivity index (χ2n) is 5.47. The Hall–Kier alpha value is -1.85. The molecule has 1 fully saturated rings. The average molecular weight is 331 g/mol. The van der Waals surface area contributed by atoms with Gasteiger partial charge in [-0.05, 0) is 31.4 Å². The maximum atomic E-state index is 12.3. The van der Waals surface area contributed by atoms with Crippen LogP contribution in [-0.4, -0.2) is 31.8 Å². The Morgan fingerprint density at radius 3 is 2.74 bits per heavy atom. The second kappa shape index (κ2) is 7.62. The molecule has 0 amide bonds. The van der Waals surface area contributed by atoms with E-state index in [2.05, 4.69) is 17.4 Å². The molecule has 1 N–H and O–H groups in total. The molecule has 0 bridgehead atoms. The van der Waals surface area contributed by atoms with E-state index in [1.807, 2.05) is 31.2 Å². The number of ether oxygens (including phenoxy) is 2. The molecule has 3 rings (SSSR count). The van der Waals surface area contributed by atoms with Crippen molar-refractivity contribution in [1.29, 1.82) is 0 Å². The van der Waals surface area contributed by atoms with Gasteiger partial charge in [0.15, 0.2) is 0 Å². The number of benzene rings is 1. The van der Waals surface area contributed by atoms with Crippen molar-refractivity contribution in [2.45, 2.75) is 25.8 Å². The summed E-state index contributed by atoms with van der Waals surface area (Å²) in [6, 6.07) is 12.4. The van der Waals surface area contributed by atoms with E-state index in [1.165, 1.54) is 0 Å². The number of carbonyl (C=O) groups is 1. The fourth-order valence-electron chi connectivity index (χ4n) is 2.63. The summed E-state index contributed by atoms with van der Waals surface area (Å²) in [5.74, 6) is -0.263. The molecule has 23 heavy (non-hydrogen) atoms. The van der Waals surface area contributed by atoms with E-state index in [0.29, 0.717) is 18.2 Å². The second-order valence-corrected chi connectivity index (χ2v) is 6.52. The van der Waals surface area contributed by atoms with Crippen LogP contribution < -0.4 is 5.32 Å². The summed E-state index contributed by atoms with van der Waals surface area (Å²) in [4.78, 5) is 13.3. The van der Waals surface area contributed by atoms with Gasteiger partial charge in [0.1, 0.15) is 5.00 Å². The molecule has 0 radical (unpaired) electrons. The van der Waals surface area contributed by atoms with E-state index in [-0.39, 0.29) is 5.97 Å². The first-order valence-electron chi connectivity index (χ1n) is 7.98. The third-order valence-corrected chi connectivity index (χ3v) is 4.96. The molecule has 0 saturated carbocycles. The van der Waals surface area contributed by atoms with Crippen LogP contribution in [0.3, 0.4) is 0 Å². The molecule has 1 aliphatic heterocycles. The van der Waals surface area contributed by atoms with Gasteiger partial charge in [0.25, 0.3) is 0 Å². The number of thiophene rings is 1. The number of hydrogen-bond donors (Lipinski definition) is 1. The molecule has 1 aromatic heterocycles. The lowest BCUT2D eigenvalue weighted by Gasteiger charge is -2.23. The van der Waals surface area contributed by atoms with Crippen molar-refractivity contribution in [3.63, 3.8) is 0 Å². The first-order chi connectivity index (χ1) is 11.3. The van der Waals surface area contributed by atoms with Crippen molar-refractivity contribution in [2.24, 2.45) is 0 Å². The molecule has 1 aliphatic rings. The van der Waals surface area contributed by atoms with Crippen molar-refractivity contribution in [3.8, 4) is 10.4 Å². The summed E-state index contributed by atoms with van der Waals surface area (Å²) in [5, 5.41) is 4.41. The Bertz CT molecular complexity index is 648. The quantitative estimate of drug-likeness (QED) is 0.835. The summed E-state index contributed by atoms with van der Waals surface area (Å²) in [5.41, 5.74) is 1.74. The zero-order valence-electron chi connectivity index (χ0n) is 13.2. The summed E-state index contributed by atoms with van der Waals surface area (Å²) < 4.78 is 10.6. The van der Waals surface area contributed by atoms with Crippen LogP contribution in [0.5, 0.6) is 0 Å². The van der Waals surface area contributed by atoms with Gasteiger partial charge in [0.2, 0.25) is 0 Å². The highest BCUT2D eigenvalue weighted by atomic mass is 32.1. The minimum absolute atomic E-state index is 0.263. The van der Waals surface area contributed by atoms with Crippen LogP contribution in [-0.2, 0) is 9.47 Å². The number of carbonyl (C=O) groups excluding carboxylic acids is 1. The molecule has 1 aromatic carbocycles. The zero-order chi connectivity index (χ0) is 16.1. The van der Waals surface area contributed by atoms with E-state index in [4.69, 9.17) is 9.47 Å². The Kier molecular flexibility index (Phi) is 5.31. The zero-order valence-corrected chi connectivity index (χ0v) is 14.0. The Morgan fingerprint density at radius 2 is 2.04 bits per heavy atom. The van der Waals surface area contributed by atoms with Crippen LogP contribution in [0.15, 0.2) is 36.4 Å². The molecule has 2 heterocycles. The first-order valence-corrected chi connectivity index (χ1v) is 8.80. The van der Waals surface area contributed by atoms with Crippen LogP contribution >= 0.6 is 11.3 Å². The fraction of sp³-hybridized carbons (Fsp3) is 0.389. The molecule has 4 nitrogen and oxygen atoms in total. The molecule has 122 valence electrons. The van der Waals surface area contributed by atoms with Gasteiger partial charge in [-0.15, -0.1) is 11.3 Å². The van der Waals surface area contributed by atoms with E-state index in [0.717, 1.165) is 41.5 Å². The summed E-state index contributed by atoms with van der Waals surface area (Å²) in [7, 11) is 0. The number of nitrogens with one attached hydrogen (secondary N) is 1. The molecule has 0 unspecified atom stereocenters. The molecule has 2 aromatic rings. The number of esters is 1. The van der Waals surface area contributed by atoms with Crippen molar-refractivity contribution in [3.05, 3.63) is 42.0 Å². The van der Waals surface area contributed by atoms with Gasteiger partial charge in [-0.1, -0.05) is 30.3 Å². The Labute approximate surface area is 140 Å². The van der Waals surface area contributed by atoms with Crippen LogP contribution in [0.4, 0.5) is 5.00 Å². The van der Waals surface area contributed by atoms with E-state index in [9.17, 15) is 4.79 Å². The minimum atomic E-state index is -0.263. The minimum Gasteiger partial charge on any atom is -0.462 e. The predicted molar refractivity (Wildman–Crippen MR) is 93.2 cm³/mol. The largest absolute Gasteiger partial charge is 0.462 e. The standard InChI is InChI=1S/C18H21NO3S/c1-2-22-18(20)15-12-16(13-6-4-3-5-7-13)23-17(15)19-14-8-10-21-11-9-14/h3-7,12,14,19H,2,8-11H2,1H3. The van der Waals surface area contributed by atoms with Crippen LogP contribution in [0.2, 0.25) is 0 Å². The highest BCUT2D eigenvalue weighted by Gasteiger charge is 2.21. The van der Waals surface area contributed by atoms with E-state index < -0.39 is 0 Å². The van der Waals surface area contributed by atoms with Gasteiger partial charge in [0.05, 0.1) is 12.2 Å². The van der Waals surface area contributed by atoms with Crippen molar-refractivity contribution < 1.29 is 14.3 Å². The van der Waals surface area contributed by atoms with Gasteiger partial charge in [-0.2, -0.15) is 0 Å².